The summed E-state index contributed by atoms with van der Waals surface area (Å²) in [7, 11) is 2.23. The monoisotopic (exact) mass is 297 g/mol. The number of hydrogen-bond acceptors (Lipinski definition) is 2. The third-order valence-corrected chi connectivity index (χ3v) is 5.61. The highest BCUT2D eigenvalue weighted by atomic mass is 16.1. The van der Waals surface area contributed by atoms with E-state index in [1.165, 1.54) is 28.5 Å². The van der Waals surface area contributed by atoms with E-state index in [1.807, 2.05) is 0 Å². The van der Waals surface area contributed by atoms with Crippen LogP contribution in [0.2, 0.25) is 0 Å². The molecule has 1 aliphatic carbocycles. The summed E-state index contributed by atoms with van der Waals surface area (Å²) < 4.78 is 0. The van der Waals surface area contributed by atoms with Crippen LogP contribution >= 0.6 is 0 Å². The predicted molar refractivity (Wildman–Crippen MR) is 87.7 cm³/mol. The first-order chi connectivity index (χ1) is 10.6. The van der Waals surface area contributed by atoms with Gasteiger partial charge in [-0.2, -0.15) is 0 Å². The summed E-state index contributed by atoms with van der Waals surface area (Å²) in [5, 5.41) is 1.44. The van der Waals surface area contributed by atoms with Crippen LogP contribution in [0.4, 0.5) is 0 Å². The zero-order chi connectivity index (χ0) is 15.3. The van der Waals surface area contributed by atoms with Crippen molar-refractivity contribution in [2.75, 3.05) is 13.6 Å². The number of benzene rings is 1. The van der Waals surface area contributed by atoms with E-state index in [4.69, 9.17) is 5.73 Å². The molecule has 1 saturated heterocycles. The maximum absolute atomic E-state index is 11.1. The first-order valence-electron chi connectivity index (χ1n) is 8.21. The van der Waals surface area contributed by atoms with Crippen LogP contribution in [0.15, 0.2) is 24.4 Å². The van der Waals surface area contributed by atoms with Crippen molar-refractivity contribution in [3.63, 3.8) is 0 Å². The van der Waals surface area contributed by atoms with Crippen LogP contribution in [-0.4, -0.2) is 35.4 Å². The smallest absolute Gasteiger partial charge is 0.217 e. The summed E-state index contributed by atoms with van der Waals surface area (Å²) in [6, 6.07) is 7.20. The van der Waals surface area contributed by atoms with Crippen LogP contribution in [0.1, 0.15) is 36.3 Å². The number of H-pyrrole nitrogens is 1. The number of likely N-dealkylation sites (tertiary alicyclic amines) is 1. The Labute approximate surface area is 130 Å². The van der Waals surface area contributed by atoms with Crippen LogP contribution in [0.3, 0.4) is 0 Å². The second-order valence-electron chi connectivity index (χ2n) is 7.01. The first-order valence-corrected chi connectivity index (χ1v) is 8.21. The zero-order valence-electron chi connectivity index (χ0n) is 13.0. The highest BCUT2D eigenvalue weighted by molar-refractivity contribution is 5.88. The summed E-state index contributed by atoms with van der Waals surface area (Å²) in [6.45, 7) is 1.07. The minimum absolute atomic E-state index is 0.177. The van der Waals surface area contributed by atoms with Gasteiger partial charge in [-0.3, -0.25) is 4.79 Å². The quantitative estimate of drug-likeness (QED) is 0.914. The lowest BCUT2D eigenvalue weighted by atomic mass is 9.71. The molecule has 0 spiro atoms. The molecule has 4 rings (SSSR count). The van der Waals surface area contributed by atoms with Gasteiger partial charge in [0.05, 0.1) is 0 Å². The molecule has 1 unspecified atom stereocenters. The average Bonchev–Trinajstić information content (AvgIpc) is 2.91. The summed E-state index contributed by atoms with van der Waals surface area (Å²) in [5.41, 5.74) is 9.53. The summed E-state index contributed by atoms with van der Waals surface area (Å²) in [6.07, 6.45) is 5.90. The molecule has 2 heterocycles. The number of aromatic amines is 1. The van der Waals surface area contributed by atoms with E-state index < -0.39 is 0 Å². The van der Waals surface area contributed by atoms with Crippen molar-refractivity contribution in [3.05, 3.63) is 35.5 Å². The highest BCUT2D eigenvalue weighted by Crippen LogP contribution is 2.44. The molecule has 4 heteroatoms. The molecule has 0 saturated carbocycles. The predicted octanol–water partition coefficient (Wildman–Crippen LogP) is 2.39. The molecule has 2 aliphatic rings. The van der Waals surface area contributed by atoms with Crippen molar-refractivity contribution >= 4 is 16.8 Å². The molecular weight excluding hydrogens is 274 g/mol. The number of likely N-dealkylation sites (N-methyl/N-ethyl adjacent to an activating group) is 1. The number of amides is 1. The fraction of sp³-hybridized carbons (Fsp3) is 0.500. The van der Waals surface area contributed by atoms with Crippen LogP contribution in [0.5, 0.6) is 0 Å². The molecule has 116 valence electrons. The van der Waals surface area contributed by atoms with E-state index in [2.05, 4.69) is 41.3 Å². The Morgan fingerprint density at radius 2 is 2.32 bits per heavy atom. The van der Waals surface area contributed by atoms with E-state index in [1.54, 1.807) is 0 Å². The molecule has 1 aliphatic heterocycles. The lowest BCUT2D eigenvalue weighted by molar-refractivity contribution is -0.118. The Morgan fingerprint density at radius 3 is 3.14 bits per heavy atom. The van der Waals surface area contributed by atoms with Gasteiger partial charge in [0.15, 0.2) is 0 Å². The normalized spacial score (nSPS) is 27.8. The molecule has 22 heavy (non-hydrogen) atoms. The topological polar surface area (TPSA) is 62.1 Å². The molecule has 4 nitrogen and oxygen atoms in total. The van der Waals surface area contributed by atoms with E-state index in [-0.39, 0.29) is 5.91 Å². The van der Waals surface area contributed by atoms with Gasteiger partial charge in [0, 0.05) is 42.0 Å². The number of nitrogens with two attached hydrogens (primary N) is 1. The molecule has 0 bridgehead atoms. The average molecular weight is 297 g/mol. The van der Waals surface area contributed by atoms with E-state index in [9.17, 15) is 4.79 Å². The highest BCUT2D eigenvalue weighted by Gasteiger charge is 2.39. The standard InChI is InChI=1S/C18H23N3O/c1-21-10-11(5-6-17(19)22)7-14-13-3-2-4-15-18(13)12(9-20-15)8-16(14)21/h2-4,9,11,14,16,20H,5-8,10H2,1H3,(H2,19,22)/t11-,14?,16-/m1/s1. The molecule has 1 aromatic heterocycles. The van der Waals surface area contributed by atoms with Crippen LogP contribution in [0, 0.1) is 5.92 Å². The number of rotatable bonds is 3. The van der Waals surface area contributed by atoms with Gasteiger partial charge in [0.25, 0.3) is 0 Å². The Morgan fingerprint density at radius 1 is 1.45 bits per heavy atom. The van der Waals surface area contributed by atoms with Crippen molar-refractivity contribution in [2.45, 2.75) is 37.6 Å². The van der Waals surface area contributed by atoms with Gasteiger partial charge in [0.2, 0.25) is 5.91 Å². The summed E-state index contributed by atoms with van der Waals surface area (Å²) in [5.74, 6) is 0.960. The first kappa shape index (κ1) is 13.8. The lowest BCUT2D eigenvalue weighted by Crippen LogP contribution is -2.47. The van der Waals surface area contributed by atoms with Crippen LogP contribution < -0.4 is 5.73 Å². The minimum Gasteiger partial charge on any atom is -0.370 e. The van der Waals surface area contributed by atoms with Gasteiger partial charge in [-0.25, -0.2) is 0 Å². The minimum atomic E-state index is -0.177. The number of piperidine rings is 1. The lowest BCUT2D eigenvalue weighted by Gasteiger charge is -2.45. The van der Waals surface area contributed by atoms with Crippen molar-refractivity contribution in [2.24, 2.45) is 11.7 Å². The number of nitrogens with one attached hydrogen (secondary N) is 1. The van der Waals surface area contributed by atoms with E-state index >= 15 is 0 Å². The van der Waals surface area contributed by atoms with Gasteiger partial charge in [-0.05, 0) is 49.4 Å². The molecule has 3 atom stereocenters. The molecule has 1 amide bonds. The number of primary amides is 1. The third-order valence-electron chi connectivity index (χ3n) is 5.61. The summed E-state index contributed by atoms with van der Waals surface area (Å²) in [4.78, 5) is 17.0. The molecular formula is C18H23N3O. The number of hydrogen-bond donors (Lipinski definition) is 2. The maximum atomic E-state index is 11.1. The van der Waals surface area contributed by atoms with Gasteiger partial charge in [-0.1, -0.05) is 12.1 Å². The molecule has 1 aromatic carbocycles. The zero-order valence-corrected chi connectivity index (χ0v) is 13.0. The largest absolute Gasteiger partial charge is 0.370 e. The van der Waals surface area contributed by atoms with Crippen molar-refractivity contribution in [3.8, 4) is 0 Å². The van der Waals surface area contributed by atoms with Crippen LogP contribution in [-0.2, 0) is 11.2 Å². The van der Waals surface area contributed by atoms with Gasteiger partial charge in [-0.15, -0.1) is 0 Å². The van der Waals surface area contributed by atoms with Crippen molar-refractivity contribution in [1.29, 1.82) is 0 Å². The van der Waals surface area contributed by atoms with Gasteiger partial charge < -0.3 is 15.6 Å². The van der Waals surface area contributed by atoms with E-state index in [0.717, 1.165) is 19.4 Å². The number of carbonyl (C=O) groups excluding carboxylic acids is 1. The Balaban J connectivity index is 1.67. The number of fused-ring (bicyclic) bond motifs is 2. The SMILES string of the molecule is CN1C[C@H](CCC(N)=O)CC2c3cccc4[nH]cc(c34)C[C@H]21. The summed E-state index contributed by atoms with van der Waals surface area (Å²) >= 11 is 0. The number of carbonyl (C=O) groups is 1. The maximum Gasteiger partial charge on any atom is 0.217 e. The fourth-order valence-electron chi connectivity index (χ4n) is 4.61. The number of nitrogens with zero attached hydrogens (tertiary/aromatic N) is 1. The molecule has 3 N–H and O–H groups in total. The van der Waals surface area contributed by atoms with Gasteiger partial charge >= 0.3 is 0 Å². The Hall–Kier alpha value is -1.81. The van der Waals surface area contributed by atoms with Gasteiger partial charge in [0.1, 0.15) is 0 Å². The Bertz CT molecular complexity index is 720. The number of aromatic nitrogens is 1. The second kappa shape index (κ2) is 5.13. The van der Waals surface area contributed by atoms with E-state index in [0.29, 0.717) is 24.3 Å². The molecule has 0 radical (unpaired) electrons. The second-order valence-corrected chi connectivity index (χ2v) is 7.01. The van der Waals surface area contributed by atoms with Crippen molar-refractivity contribution < 1.29 is 4.79 Å². The van der Waals surface area contributed by atoms with Crippen molar-refractivity contribution in [1.82, 2.24) is 9.88 Å². The van der Waals surface area contributed by atoms with Crippen LogP contribution in [0.25, 0.3) is 10.9 Å². The molecule has 1 fully saturated rings. The fourth-order valence-corrected chi connectivity index (χ4v) is 4.61. The third kappa shape index (κ3) is 2.13. The Kier molecular flexibility index (Phi) is 3.22. The molecule has 2 aromatic rings.